The molecule has 1 heterocycles. The Balaban J connectivity index is 1.72. The Hall–Kier alpha value is -3.08. The molecule has 0 saturated carbocycles. The zero-order valence-corrected chi connectivity index (χ0v) is 17.8. The van der Waals surface area contributed by atoms with Gasteiger partial charge < -0.3 is 10.1 Å². The number of aryl methyl sites for hydroxylation is 2. The van der Waals surface area contributed by atoms with E-state index in [0.29, 0.717) is 13.0 Å². The van der Waals surface area contributed by atoms with Crippen LogP contribution in [0.1, 0.15) is 36.4 Å². The maximum atomic E-state index is 13.0. The van der Waals surface area contributed by atoms with Gasteiger partial charge in [0.15, 0.2) is 0 Å². The SMILES string of the molecule is COc1ccccc1CC(C)(C)C(=O)Nc1cccc(Cn2nc(C)cc2C)c1. The molecule has 0 unspecified atom stereocenters. The molecule has 1 aromatic heterocycles. The van der Waals surface area contributed by atoms with E-state index in [2.05, 4.69) is 16.5 Å². The second-order valence-electron chi connectivity index (χ2n) is 8.11. The maximum Gasteiger partial charge on any atom is 0.230 e. The van der Waals surface area contributed by atoms with Crippen LogP contribution in [0.25, 0.3) is 0 Å². The minimum Gasteiger partial charge on any atom is -0.496 e. The van der Waals surface area contributed by atoms with Crippen LogP contribution in [0, 0.1) is 19.3 Å². The summed E-state index contributed by atoms with van der Waals surface area (Å²) < 4.78 is 7.41. The number of aromatic nitrogens is 2. The summed E-state index contributed by atoms with van der Waals surface area (Å²) in [6.07, 6.45) is 0.592. The van der Waals surface area contributed by atoms with Crippen LogP contribution in [0.3, 0.4) is 0 Å². The van der Waals surface area contributed by atoms with E-state index in [1.807, 2.05) is 80.9 Å². The molecule has 5 heteroatoms. The summed E-state index contributed by atoms with van der Waals surface area (Å²) in [4.78, 5) is 13.0. The Morgan fingerprint density at radius 2 is 1.86 bits per heavy atom. The Kier molecular flexibility index (Phi) is 6.06. The molecule has 0 radical (unpaired) electrons. The summed E-state index contributed by atoms with van der Waals surface area (Å²) in [5.74, 6) is 0.784. The topological polar surface area (TPSA) is 56.1 Å². The number of benzene rings is 2. The van der Waals surface area contributed by atoms with Crippen molar-refractivity contribution >= 4 is 11.6 Å². The molecule has 0 spiro atoms. The normalized spacial score (nSPS) is 11.3. The minimum atomic E-state index is -0.583. The Labute approximate surface area is 172 Å². The summed E-state index contributed by atoms with van der Waals surface area (Å²) in [6.45, 7) is 8.62. The third-order valence-corrected chi connectivity index (χ3v) is 5.06. The monoisotopic (exact) mass is 391 g/mol. The molecule has 0 saturated heterocycles. The first kappa shape index (κ1) is 20.6. The molecule has 1 N–H and O–H groups in total. The smallest absolute Gasteiger partial charge is 0.230 e. The van der Waals surface area contributed by atoms with Gasteiger partial charge in [0.1, 0.15) is 5.75 Å². The summed E-state index contributed by atoms with van der Waals surface area (Å²) in [7, 11) is 1.65. The van der Waals surface area contributed by atoms with Gasteiger partial charge in [-0.15, -0.1) is 0 Å². The van der Waals surface area contributed by atoms with Crippen LogP contribution in [0.15, 0.2) is 54.6 Å². The van der Waals surface area contributed by atoms with E-state index in [-0.39, 0.29) is 5.91 Å². The average Bonchev–Trinajstić information content (AvgIpc) is 2.99. The van der Waals surface area contributed by atoms with Gasteiger partial charge in [0.05, 0.1) is 19.3 Å². The quantitative estimate of drug-likeness (QED) is 0.631. The van der Waals surface area contributed by atoms with Gasteiger partial charge in [0, 0.05) is 16.8 Å². The predicted molar refractivity (Wildman–Crippen MR) is 116 cm³/mol. The largest absolute Gasteiger partial charge is 0.496 e. The molecular formula is C24H29N3O2. The number of hydrogen-bond acceptors (Lipinski definition) is 3. The fourth-order valence-electron chi connectivity index (χ4n) is 3.46. The van der Waals surface area contributed by atoms with Crippen LogP contribution in [0.4, 0.5) is 5.69 Å². The molecular weight excluding hydrogens is 362 g/mol. The van der Waals surface area contributed by atoms with Gasteiger partial charge in [0.25, 0.3) is 0 Å². The Morgan fingerprint density at radius 3 is 2.55 bits per heavy atom. The lowest BCUT2D eigenvalue weighted by Crippen LogP contribution is -2.32. The van der Waals surface area contributed by atoms with E-state index in [9.17, 15) is 4.79 Å². The first-order valence-corrected chi connectivity index (χ1v) is 9.82. The molecule has 0 bridgehead atoms. The van der Waals surface area contributed by atoms with Crippen molar-refractivity contribution in [2.45, 2.75) is 40.7 Å². The third kappa shape index (κ3) is 5.05. The molecule has 0 aliphatic heterocycles. The highest BCUT2D eigenvalue weighted by molar-refractivity contribution is 5.95. The molecule has 29 heavy (non-hydrogen) atoms. The number of nitrogens with one attached hydrogen (secondary N) is 1. The first-order chi connectivity index (χ1) is 13.8. The third-order valence-electron chi connectivity index (χ3n) is 5.06. The van der Waals surface area contributed by atoms with Crippen molar-refractivity contribution in [1.29, 1.82) is 0 Å². The van der Waals surface area contributed by atoms with Crippen molar-refractivity contribution in [3.05, 3.63) is 77.1 Å². The number of amides is 1. The second kappa shape index (κ2) is 8.52. The summed E-state index contributed by atoms with van der Waals surface area (Å²) in [6, 6.07) is 17.8. The van der Waals surface area contributed by atoms with Gasteiger partial charge in [-0.3, -0.25) is 9.48 Å². The molecule has 0 aliphatic carbocycles. The van der Waals surface area contributed by atoms with Crippen LogP contribution in [-0.4, -0.2) is 22.8 Å². The van der Waals surface area contributed by atoms with E-state index >= 15 is 0 Å². The molecule has 1 amide bonds. The van der Waals surface area contributed by atoms with Gasteiger partial charge in [-0.25, -0.2) is 0 Å². The number of para-hydroxylation sites is 1. The Bertz CT molecular complexity index is 1000. The fourth-order valence-corrected chi connectivity index (χ4v) is 3.46. The van der Waals surface area contributed by atoms with E-state index < -0.39 is 5.41 Å². The van der Waals surface area contributed by atoms with Crippen molar-refractivity contribution < 1.29 is 9.53 Å². The summed E-state index contributed by atoms with van der Waals surface area (Å²) in [5, 5.41) is 7.59. The van der Waals surface area contributed by atoms with Crippen molar-refractivity contribution in [1.82, 2.24) is 9.78 Å². The lowest BCUT2D eigenvalue weighted by Gasteiger charge is -2.24. The van der Waals surface area contributed by atoms with Crippen LogP contribution >= 0.6 is 0 Å². The van der Waals surface area contributed by atoms with E-state index in [0.717, 1.165) is 34.0 Å². The predicted octanol–water partition coefficient (Wildman–Crippen LogP) is 4.76. The Morgan fingerprint density at radius 1 is 1.10 bits per heavy atom. The van der Waals surface area contributed by atoms with Crippen molar-refractivity contribution in [3.63, 3.8) is 0 Å². The van der Waals surface area contributed by atoms with E-state index in [4.69, 9.17) is 4.74 Å². The van der Waals surface area contributed by atoms with Crippen molar-refractivity contribution in [3.8, 4) is 5.75 Å². The van der Waals surface area contributed by atoms with Gasteiger partial charge in [-0.05, 0) is 55.7 Å². The van der Waals surface area contributed by atoms with Crippen molar-refractivity contribution in [2.75, 3.05) is 12.4 Å². The molecule has 0 aliphatic rings. The molecule has 5 nitrogen and oxygen atoms in total. The first-order valence-electron chi connectivity index (χ1n) is 9.82. The zero-order valence-electron chi connectivity index (χ0n) is 17.8. The standard InChI is InChI=1S/C24H29N3O2/c1-17-13-18(2)27(26-17)16-19-9-8-11-21(14-19)25-23(28)24(3,4)15-20-10-6-7-12-22(20)29-5/h6-14H,15-16H2,1-5H3,(H,25,28). The molecule has 3 aromatic rings. The van der Waals surface area contributed by atoms with Crippen LogP contribution < -0.4 is 10.1 Å². The fraction of sp³-hybridized carbons (Fsp3) is 0.333. The number of rotatable bonds is 7. The summed E-state index contributed by atoms with van der Waals surface area (Å²) >= 11 is 0. The van der Waals surface area contributed by atoms with Crippen LogP contribution in [0.2, 0.25) is 0 Å². The highest BCUT2D eigenvalue weighted by Gasteiger charge is 2.29. The number of hydrogen-bond donors (Lipinski definition) is 1. The lowest BCUT2D eigenvalue weighted by atomic mass is 9.84. The number of carbonyl (C=O) groups is 1. The lowest BCUT2D eigenvalue weighted by molar-refractivity contribution is -0.123. The number of ether oxygens (including phenoxy) is 1. The van der Waals surface area contributed by atoms with E-state index in [1.165, 1.54) is 0 Å². The molecule has 3 rings (SSSR count). The second-order valence-corrected chi connectivity index (χ2v) is 8.11. The van der Waals surface area contributed by atoms with Gasteiger partial charge >= 0.3 is 0 Å². The van der Waals surface area contributed by atoms with Gasteiger partial charge in [-0.1, -0.05) is 44.2 Å². The molecule has 152 valence electrons. The highest BCUT2D eigenvalue weighted by atomic mass is 16.5. The number of anilines is 1. The number of methoxy groups -OCH3 is 1. The van der Waals surface area contributed by atoms with Gasteiger partial charge in [0.2, 0.25) is 5.91 Å². The summed E-state index contributed by atoms with van der Waals surface area (Å²) in [5.41, 5.74) is 4.45. The highest BCUT2D eigenvalue weighted by Crippen LogP contribution is 2.29. The zero-order chi connectivity index (χ0) is 21.0. The number of nitrogens with zero attached hydrogens (tertiary/aromatic N) is 2. The van der Waals surface area contributed by atoms with E-state index in [1.54, 1.807) is 7.11 Å². The maximum absolute atomic E-state index is 13.0. The van der Waals surface area contributed by atoms with Crippen LogP contribution in [0.5, 0.6) is 5.75 Å². The van der Waals surface area contributed by atoms with Crippen molar-refractivity contribution in [2.24, 2.45) is 5.41 Å². The van der Waals surface area contributed by atoms with Crippen LogP contribution in [-0.2, 0) is 17.8 Å². The average molecular weight is 392 g/mol. The molecule has 2 aromatic carbocycles. The molecule has 0 atom stereocenters. The number of carbonyl (C=O) groups excluding carboxylic acids is 1. The minimum absolute atomic E-state index is 0.0216. The molecule has 0 fully saturated rings. The van der Waals surface area contributed by atoms with Gasteiger partial charge in [-0.2, -0.15) is 5.10 Å².